The van der Waals surface area contributed by atoms with Gasteiger partial charge in [-0.25, -0.2) is 0 Å². The monoisotopic (exact) mass is 258 g/mol. The molecule has 0 fully saturated rings. The Hall–Kier alpha value is 0.180. The number of halogens is 4. The largest absolute Gasteiger partial charge is 0.455 e. The first kappa shape index (κ1) is 11.3. The first-order valence-corrected chi connectivity index (χ1v) is 5.05. The smallest absolute Gasteiger partial charge is 0.288 e. The molecule has 0 saturated carbocycles. The molecule has 0 aromatic heterocycles. The van der Waals surface area contributed by atoms with Crippen LogP contribution in [0.1, 0.15) is 0 Å². The number of rotatable bonds is 3. The quantitative estimate of drug-likeness (QED) is 0.746. The highest BCUT2D eigenvalue weighted by molar-refractivity contribution is 6.59. The Morgan fingerprint density at radius 1 is 1.08 bits per heavy atom. The molecule has 0 saturated heterocycles. The molecule has 0 aliphatic carbocycles. The van der Waals surface area contributed by atoms with E-state index >= 15 is 0 Å². The third-order valence-corrected chi connectivity index (χ3v) is 2.90. The minimum absolute atomic E-state index is 0.513. The van der Waals surface area contributed by atoms with Crippen LogP contribution in [0.25, 0.3) is 0 Å². The van der Waals surface area contributed by atoms with E-state index in [1.54, 1.807) is 24.3 Å². The van der Waals surface area contributed by atoms with Gasteiger partial charge in [-0.15, -0.1) is 0 Å². The van der Waals surface area contributed by atoms with Crippen LogP contribution in [0.5, 0.6) is 5.75 Å². The van der Waals surface area contributed by atoms with Crippen molar-refractivity contribution in [2.75, 3.05) is 0 Å². The van der Waals surface area contributed by atoms with E-state index in [2.05, 4.69) is 0 Å². The second-order valence-electron chi connectivity index (χ2n) is 2.28. The van der Waals surface area contributed by atoms with E-state index in [0.29, 0.717) is 5.75 Å². The van der Waals surface area contributed by atoms with Crippen LogP contribution in [0.15, 0.2) is 30.3 Å². The van der Waals surface area contributed by atoms with E-state index in [4.69, 9.17) is 51.1 Å². The Labute approximate surface area is 96.5 Å². The normalized spacial score (nSPS) is 11.8. The first-order valence-electron chi connectivity index (χ1n) is 3.42. The number of hydrogen-bond acceptors (Lipinski definition) is 1. The summed E-state index contributed by atoms with van der Waals surface area (Å²) in [6, 6.07) is 8.83. The molecule has 0 N–H and O–H groups in total. The molecule has 13 heavy (non-hydrogen) atoms. The van der Waals surface area contributed by atoms with Gasteiger partial charge in [0.1, 0.15) is 5.75 Å². The van der Waals surface area contributed by atoms with Crippen molar-refractivity contribution < 1.29 is 4.74 Å². The Morgan fingerprint density at radius 2 is 1.62 bits per heavy atom. The highest BCUT2D eigenvalue weighted by atomic mass is 35.5. The molecule has 72 valence electrons. The summed E-state index contributed by atoms with van der Waals surface area (Å²) in [5.41, 5.74) is 0. The summed E-state index contributed by atoms with van der Waals surface area (Å²) in [6.45, 7) is 0. The number of alkyl halides is 4. The highest BCUT2D eigenvalue weighted by Crippen LogP contribution is 2.34. The maximum atomic E-state index is 5.68. The summed E-state index contributed by atoms with van der Waals surface area (Å²) in [6.07, 6.45) is 0. The van der Waals surface area contributed by atoms with E-state index in [-0.39, 0.29) is 0 Å². The molecule has 0 aliphatic rings. The molecule has 1 rings (SSSR count). The van der Waals surface area contributed by atoms with Crippen LogP contribution in [-0.4, -0.2) is 9.36 Å². The molecule has 0 bridgehead atoms. The molecular formula is C8H6Cl4O. The van der Waals surface area contributed by atoms with Gasteiger partial charge >= 0.3 is 0 Å². The van der Waals surface area contributed by atoms with E-state index in [0.717, 1.165) is 0 Å². The van der Waals surface area contributed by atoms with Gasteiger partial charge < -0.3 is 4.74 Å². The van der Waals surface area contributed by atoms with E-state index < -0.39 is 9.36 Å². The lowest BCUT2D eigenvalue weighted by atomic mass is 10.3. The topological polar surface area (TPSA) is 9.23 Å². The number of hydrogen-bond donors (Lipinski definition) is 0. The molecule has 1 aromatic rings. The van der Waals surface area contributed by atoms with Crippen molar-refractivity contribution in [3.05, 3.63) is 30.3 Å². The Kier molecular flexibility index (Phi) is 3.99. The van der Waals surface area contributed by atoms with Crippen LogP contribution in [0.3, 0.4) is 0 Å². The molecule has 0 spiro atoms. The average molecular weight is 260 g/mol. The lowest BCUT2D eigenvalue weighted by Gasteiger charge is -2.21. The molecule has 1 nitrogen and oxygen atoms in total. The standard InChI is InChI=1S/C8H6Cl4O/c9-7(10)8(11,12)13-6-4-2-1-3-5-6/h1-5,7H. The lowest BCUT2D eigenvalue weighted by molar-refractivity contribution is 0.256. The van der Waals surface area contributed by atoms with Gasteiger partial charge in [0, 0.05) is 0 Å². The fourth-order valence-electron chi connectivity index (χ4n) is 0.690. The van der Waals surface area contributed by atoms with Crippen molar-refractivity contribution in [1.29, 1.82) is 0 Å². The Balaban J connectivity index is 2.69. The zero-order valence-electron chi connectivity index (χ0n) is 6.38. The van der Waals surface area contributed by atoms with Crippen molar-refractivity contribution in [2.45, 2.75) is 9.36 Å². The Bertz CT molecular complexity index is 260. The van der Waals surface area contributed by atoms with Crippen molar-refractivity contribution in [3.63, 3.8) is 0 Å². The second kappa shape index (κ2) is 4.61. The van der Waals surface area contributed by atoms with Crippen LogP contribution in [0.2, 0.25) is 0 Å². The summed E-state index contributed by atoms with van der Waals surface area (Å²) < 4.78 is 3.51. The fourth-order valence-corrected chi connectivity index (χ4v) is 0.957. The van der Waals surface area contributed by atoms with E-state index in [1.807, 2.05) is 6.07 Å². The number of benzene rings is 1. The summed E-state index contributed by atoms with van der Waals surface area (Å²) >= 11 is 22.4. The zero-order chi connectivity index (χ0) is 9.90. The zero-order valence-corrected chi connectivity index (χ0v) is 9.41. The van der Waals surface area contributed by atoms with Gasteiger partial charge in [0.2, 0.25) is 0 Å². The predicted octanol–water partition coefficient (Wildman–Crippen LogP) is 4.00. The SMILES string of the molecule is ClC(Cl)C(Cl)(Cl)Oc1ccccc1. The molecular weight excluding hydrogens is 254 g/mol. The molecule has 0 heterocycles. The molecule has 5 heteroatoms. The van der Waals surface area contributed by atoms with E-state index in [1.165, 1.54) is 0 Å². The van der Waals surface area contributed by atoms with Gasteiger partial charge in [0.05, 0.1) is 0 Å². The minimum Gasteiger partial charge on any atom is -0.455 e. The van der Waals surface area contributed by atoms with Crippen molar-refractivity contribution in [2.24, 2.45) is 0 Å². The summed E-state index contributed by atoms with van der Waals surface area (Å²) in [5.74, 6) is 0.513. The van der Waals surface area contributed by atoms with Crippen LogP contribution in [-0.2, 0) is 0 Å². The van der Waals surface area contributed by atoms with E-state index in [9.17, 15) is 0 Å². The molecule has 0 atom stereocenters. The maximum Gasteiger partial charge on any atom is 0.288 e. The lowest BCUT2D eigenvalue weighted by Crippen LogP contribution is -2.29. The van der Waals surface area contributed by atoms with Crippen LogP contribution in [0, 0.1) is 0 Å². The number of para-hydroxylation sites is 1. The van der Waals surface area contributed by atoms with Crippen molar-refractivity contribution >= 4 is 46.4 Å². The van der Waals surface area contributed by atoms with Crippen LogP contribution in [0.4, 0.5) is 0 Å². The van der Waals surface area contributed by atoms with Gasteiger partial charge in [-0.05, 0) is 12.1 Å². The average Bonchev–Trinajstić information content (AvgIpc) is 2.05. The maximum absolute atomic E-state index is 5.68. The van der Waals surface area contributed by atoms with Crippen LogP contribution >= 0.6 is 46.4 Å². The highest BCUT2D eigenvalue weighted by Gasteiger charge is 2.34. The van der Waals surface area contributed by atoms with Crippen molar-refractivity contribution in [3.8, 4) is 5.75 Å². The summed E-state index contributed by atoms with van der Waals surface area (Å²) in [7, 11) is 0. The molecule has 0 amide bonds. The van der Waals surface area contributed by atoms with Gasteiger partial charge in [0.25, 0.3) is 4.52 Å². The van der Waals surface area contributed by atoms with Gasteiger partial charge in [-0.1, -0.05) is 64.6 Å². The molecule has 1 aromatic carbocycles. The fraction of sp³-hybridized carbons (Fsp3) is 0.250. The minimum atomic E-state index is -1.62. The van der Waals surface area contributed by atoms with Crippen LogP contribution < -0.4 is 4.74 Å². The predicted molar refractivity (Wildman–Crippen MR) is 57.0 cm³/mol. The first-order chi connectivity index (χ1) is 6.02. The molecule has 0 aliphatic heterocycles. The molecule has 0 unspecified atom stereocenters. The third kappa shape index (κ3) is 3.43. The van der Waals surface area contributed by atoms with Gasteiger partial charge in [0.15, 0.2) is 4.84 Å². The third-order valence-electron chi connectivity index (χ3n) is 1.25. The summed E-state index contributed by atoms with van der Waals surface area (Å²) in [4.78, 5) is -1.02. The summed E-state index contributed by atoms with van der Waals surface area (Å²) in [5, 5.41) is 0. The van der Waals surface area contributed by atoms with Crippen molar-refractivity contribution in [1.82, 2.24) is 0 Å². The molecule has 0 radical (unpaired) electrons. The van der Waals surface area contributed by atoms with Gasteiger partial charge in [-0.3, -0.25) is 0 Å². The Morgan fingerprint density at radius 3 is 2.08 bits per heavy atom. The van der Waals surface area contributed by atoms with Gasteiger partial charge in [-0.2, -0.15) is 0 Å². The second-order valence-corrected chi connectivity index (χ2v) is 4.69. The number of ether oxygens (including phenoxy) is 1.